The van der Waals surface area contributed by atoms with E-state index in [1.807, 2.05) is 13.1 Å². The molecule has 0 saturated carbocycles. The monoisotopic (exact) mass is 249 g/mol. The molecule has 1 N–H and O–H groups in total. The third-order valence-corrected chi connectivity index (χ3v) is 3.47. The summed E-state index contributed by atoms with van der Waals surface area (Å²) < 4.78 is 5.27. The van der Waals surface area contributed by atoms with Crippen molar-refractivity contribution in [1.82, 2.24) is 10.2 Å². The van der Waals surface area contributed by atoms with Crippen LogP contribution in [0.2, 0.25) is 0 Å². The fourth-order valence-corrected chi connectivity index (χ4v) is 2.31. The number of hydrogen-bond donors (Lipinski definition) is 1. The summed E-state index contributed by atoms with van der Waals surface area (Å²) in [5.41, 5.74) is 1.27. The first-order valence-corrected chi connectivity index (χ1v) is 6.59. The molecule has 1 aliphatic rings. The van der Waals surface area contributed by atoms with Gasteiger partial charge in [0.25, 0.3) is 0 Å². The zero-order valence-corrected chi connectivity index (χ0v) is 11.4. The molecule has 2 rings (SSSR count). The van der Waals surface area contributed by atoms with E-state index >= 15 is 0 Å². The van der Waals surface area contributed by atoms with E-state index in [0.29, 0.717) is 0 Å². The van der Waals surface area contributed by atoms with Gasteiger partial charge < -0.3 is 15.0 Å². The van der Waals surface area contributed by atoms with E-state index in [-0.39, 0.29) is 0 Å². The van der Waals surface area contributed by atoms with Crippen LogP contribution in [-0.4, -0.2) is 58.3 Å². The van der Waals surface area contributed by atoms with E-state index in [1.54, 1.807) is 7.11 Å². The summed E-state index contributed by atoms with van der Waals surface area (Å²) in [4.78, 5) is 4.94. The van der Waals surface area contributed by atoms with Crippen LogP contribution in [0.3, 0.4) is 0 Å². The Labute approximate surface area is 110 Å². The number of anilines is 1. The number of benzene rings is 1. The van der Waals surface area contributed by atoms with Gasteiger partial charge in [0, 0.05) is 51.0 Å². The van der Waals surface area contributed by atoms with Gasteiger partial charge in [0.1, 0.15) is 5.75 Å². The third kappa shape index (κ3) is 3.37. The lowest BCUT2D eigenvalue weighted by Gasteiger charge is -2.36. The highest BCUT2D eigenvalue weighted by molar-refractivity contribution is 5.51. The summed E-state index contributed by atoms with van der Waals surface area (Å²) in [6, 6.07) is 8.32. The van der Waals surface area contributed by atoms with Gasteiger partial charge in [0.05, 0.1) is 7.11 Å². The maximum atomic E-state index is 5.27. The van der Waals surface area contributed by atoms with Crippen LogP contribution < -0.4 is 15.0 Å². The average molecular weight is 249 g/mol. The highest BCUT2D eigenvalue weighted by Crippen LogP contribution is 2.21. The van der Waals surface area contributed by atoms with Crippen LogP contribution in [0.1, 0.15) is 0 Å². The minimum Gasteiger partial charge on any atom is -0.497 e. The highest BCUT2D eigenvalue weighted by Gasteiger charge is 2.16. The van der Waals surface area contributed by atoms with Crippen LogP contribution in [0.4, 0.5) is 5.69 Å². The van der Waals surface area contributed by atoms with Gasteiger partial charge >= 0.3 is 0 Å². The Morgan fingerprint density at radius 2 is 2.00 bits per heavy atom. The van der Waals surface area contributed by atoms with E-state index in [9.17, 15) is 0 Å². The van der Waals surface area contributed by atoms with Crippen molar-refractivity contribution in [2.75, 3.05) is 58.3 Å². The Morgan fingerprint density at radius 1 is 1.22 bits per heavy atom. The van der Waals surface area contributed by atoms with Crippen LogP contribution in [-0.2, 0) is 0 Å². The summed E-state index contributed by atoms with van der Waals surface area (Å²) in [7, 11) is 3.72. The zero-order chi connectivity index (χ0) is 12.8. The predicted molar refractivity (Wildman–Crippen MR) is 75.6 cm³/mol. The van der Waals surface area contributed by atoms with Gasteiger partial charge in [-0.05, 0) is 19.2 Å². The molecule has 1 heterocycles. The van der Waals surface area contributed by atoms with Gasteiger partial charge in [-0.2, -0.15) is 0 Å². The first-order chi connectivity index (χ1) is 8.83. The van der Waals surface area contributed by atoms with E-state index < -0.39 is 0 Å². The smallest absolute Gasteiger partial charge is 0.120 e. The summed E-state index contributed by atoms with van der Waals surface area (Å²) >= 11 is 0. The molecule has 100 valence electrons. The van der Waals surface area contributed by atoms with Gasteiger partial charge in [0.2, 0.25) is 0 Å². The molecule has 1 saturated heterocycles. The molecular formula is C14H23N3O. The molecule has 0 radical (unpaired) electrons. The molecule has 0 aliphatic carbocycles. The number of methoxy groups -OCH3 is 1. The van der Waals surface area contributed by atoms with Crippen LogP contribution in [0.25, 0.3) is 0 Å². The summed E-state index contributed by atoms with van der Waals surface area (Å²) in [6.07, 6.45) is 0. The second-order valence-electron chi connectivity index (χ2n) is 4.63. The number of hydrogen-bond acceptors (Lipinski definition) is 4. The van der Waals surface area contributed by atoms with Crippen molar-refractivity contribution in [2.45, 2.75) is 0 Å². The fourth-order valence-electron chi connectivity index (χ4n) is 2.31. The standard InChI is InChI=1S/C14H23N3O/c1-15-6-7-16-8-10-17(11-9-16)13-4-3-5-14(12-13)18-2/h3-5,12,15H,6-11H2,1-2H3. The summed E-state index contributed by atoms with van der Waals surface area (Å²) in [5, 5.41) is 3.20. The molecule has 0 atom stereocenters. The van der Waals surface area contributed by atoms with Crippen molar-refractivity contribution < 1.29 is 4.74 Å². The van der Waals surface area contributed by atoms with Crippen molar-refractivity contribution in [1.29, 1.82) is 0 Å². The summed E-state index contributed by atoms with van der Waals surface area (Å²) in [6.45, 7) is 6.67. The molecular weight excluding hydrogens is 226 g/mol. The summed E-state index contributed by atoms with van der Waals surface area (Å²) in [5.74, 6) is 0.935. The Kier molecular flexibility index (Phi) is 4.84. The van der Waals surface area contributed by atoms with E-state index in [1.165, 1.54) is 5.69 Å². The highest BCUT2D eigenvalue weighted by atomic mass is 16.5. The molecule has 1 aromatic rings. The third-order valence-electron chi connectivity index (χ3n) is 3.47. The van der Waals surface area contributed by atoms with Gasteiger partial charge in [0.15, 0.2) is 0 Å². The molecule has 1 aromatic carbocycles. The molecule has 1 fully saturated rings. The molecule has 4 nitrogen and oxygen atoms in total. The second kappa shape index (κ2) is 6.61. The number of nitrogens with one attached hydrogen (secondary N) is 1. The molecule has 0 bridgehead atoms. The Balaban J connectivity index is 1.88. The quantitative estimate of drug-likeness (QED) is 0.844. The maximum absolute atomic E-state index is 5.27. The molecule has 18 heavy (non-hydrogen) atoms. The molecule has 0 amide bonds. The lowest BCUT2D eigenvalue weighted by molar-refractivity contribution is 0.259. The van der Waals surface area contributed by atoms with Gasteiger partial charge in [-0.15, -0.1) is 0 Å². The number of nitrogens with zero attached hydrogens (tertiary/aromatic N) is 2. The number of rotatable bonds is 5. The Hall–Kier alpha value is -1.26. The molecule has 0 spiro atoms. The first-order valence-electron chi connectivity index (χ1n) is 6.59. The zero-order valence-electron chi connectivity index (χ0n) is 11.4. The van der Waals surface area contributed by atoms with Crippen LogP contribution in [0, 0.1) is 0 Å². The van der Waals surface area contributed by atoms with Crippen molar-refractivity contribution in [3.05, 3.63) is 24.3 Å². The average Bonchev–Trinajstić information content (AvgIpc) is 2.46. The topological polar surface area (TPSA) is 27.7 Å². The molecule has 1 aliphatic heterocycles. The van der Waals surface area contributed by atoms with Gasteiger partial charge in [-0.3, -0.25) is 4.90 Å². The minimum atomic E-state index is 0.935. The minimum absolute atomic E-state index is 0.935. The van der Waals surface area contributed by atoms with E-state index in [2.05, 4.69) is 33.3 Å². The fraction of sp³-hybridized carbons (Fsp3) is 0.571. The SMILES string of the molecule is CNCCN1CCN(c2cccc(OC)c2)CC1. The Bertz CT molecular complexity index is 362. The van der Waals surface area contributed by atoms with E-state index in [4.69, 9.17) is 4.74 Å². The van der Waals surface area contributed by atoms with Crippen LogP contribution >= 0.6 is 0 Å². The lowest BCUT2D eigenvalue weighted by atomic mass is 10.2. The predicted octanol–water partition coefficient (Wildman–Crippen LogP) is 1.04. The Morgan fingerprint density at radius 3 is 2.67 bits per heavy atom. The van der Waals surface area contributed by atoms with Crippen molar-refractivity contribution >= 4 is 5.69 Å². The van der Waals surface area contributed by atoms with Gasteiger partial charge in [-0.25, -0.2) is 0 Å². The first kappa shape index (κ1) is 13.2. The van der Waals surface area contributed by atoms with Gasteiger partial charge in [-0.1, -0.05) is 6.07 Å². The molecule has 4 heteroatoms. The van der Waals surface area contributed by atoms with Crippen LogP contribution in [0.5, 0.6) is 5.75 Å². The van der Waals surface area contributed by atoms with Crippen molar-refractivity contribution in [3.8, 4) is 5.75 Å². The number of ether oxygens (including phenoxy) is 1. The van der Waals surface area contributed by atoms with Crippen molar-refractivity contribution in [3.63, 3.8) is 0 Å². The normalized spacial score (nSPS) is 16.9. The number of likely N-dealkylation sites (N-methyl/N-ethyl adjacent to an activating group) is 1. The van der Waals surface area contributed by atoms with Crippen molar-refractivity contribution in [2.24, 2.45) is 0 Å². The largest absolute Gasteiger partial charge is 0.497 e. The van der Waals surface area contributed by atoms with Crippen LogP contribution in [0.15, 0.2) is 24.3 Å². The lowest BCUT2D eigenvalue weighted by Crippen LogP contribution is -2.48. The molecule has 0 unspecified atom stereocenters. The number of piperazine rings is 1. The second-order valence-corrected chi connectivity index (χ2v) is 4.63. The van der Waals surface area contributed by atoms with E-state index in [0.717, 1.165) is 45.0 Å². The maximum Gasteiger partial charge on any atom is 0.120 e. The molecule has 0 aromatic heterocycles.